The van der Waals surface area contributed by atoms with Crippen LogP contribution in [0.1, 0.15) is 26.7 Å². The fourth-order valence-corrected chi connectivity index (χ4v) is 3.56. The highest BCUT2D eigenvalue weighted by atomic mass is 32.2. The third-order valence-electron chi connectivity index (χ3n) is 3.70. The Hall–Kier alpha value is 0.230. The van der Waals surface area contributed by atoms with Crippen LogP contribution in [0.3, 0.4) is 0 Å². The summed E-state index contributed by atoms with van der Waals surface area (Å²) in [5, 5.41) is 3.40. The molecule has 3 nitrogen and oxygen atoms in total. The summed E-state index contributed by atoms with van der Waals surface area (Å²) in [6.45, 7) is 11.4. The molecule has 2 aliphatic heterocycles. The first-order chi connectivity index (χ1) is 8.16. The minimum Gasteiger partial charge on any atom is -0.376 e. The fourth-order valence-electron chi connectivity index (χ4n) is 2.42. The first kappa shape index (κ1) is 13.7. The van der Waals surface area contributed by atoms with E-state index >= 15 is 0 Å². The largest absolute Gasteiger partial charge is 0.376 e. The molecule has 0 saturated carbocycles. The van der Waals surface area contributed by atoms with Gasteiger partial charge in [-0.3, -0.25) is 0 Å². The summed E-state index contributed by atoms with van der Waals surface area (Å²) < 4.78 is 6.22. The predicted molar refractivity (Wildman–Crippen MR) is 74.8 cm³/mol. The van der Waals surface area contributed by atoms with E-state index in [-0.39, 0.29) is 0 Å². The van der Waals surface area contributed by atoms with E-state index in [2.05, 4.69) is 35.8 Å². The summed E-state index contributed by atoms with van der Waals surface area (Å²) in [5.41, 5.74) is 0. The molecule has 2 aliphatic rings. The van der Waals surface area contributed by atoms with Crippen LogP contribution in [0.2, 0.25) is 0 Å². The van der Waals surface area contributed by atoms with Gasteiger partial charge in [0.2, 0.25) is 0 Å². The zero-order valence-electron chi connectivity index (χ0n) is 11.2. The minimum absolute atomic E-state index is 0.438. The third-order valence-corrected chi connectivity index (χ3v) is 5.07. The second-order valence-electron chi connectivity index (χ2n) is 5.69. The fraction of sp³-hybridized carbons (Fsp3) is 1.00. The predicted octanol–water partition coefficient (Wildman–Crippen LogP) is 1.58. The summed E-state index contributed by atoms with van der Waals surface area (Å²) >= 11 is 2.12. The van der Waals surface area contributed by atoms with Crippen LogP contribution in [0.15, 0.2) is 0 Å². The lowest BCUT2D eigenvalue weighted by Gasteiger charge is -2.27. The average Bonchev–Trinajstić information content (AvgIpc) is 2.49. The van der Waals surface area contributed by atoms with Crippen LogP contribution >= 0.6 is 11.8 Å². The molecule has 0 radical (unpaired) electrons. The number of nitrogens with zero attached hydrogens (tertiary/aromatic N) is 1. The van der Waals surface area contributed by atoms with E-state index in [1.807, 2.05) is 0 Å². The molecule has 4 heteroatoms. The Morgan fingerprint density at radius 1 is 1.41 bits per heavy atom. The van der Waals surface area contributed by atoms with E-state index in [4.69, 9.17) is 4.74 Å². The maximum atomic E-state index is 5.75. The Morgan fingerprint density at radius 2 is 2.29 bits per heavy atom. The van der Waals surface area contributed by atoms with Gasteiger partial charge in [-0.2, -0.15) is 11.8 Å². The highest BCUT2D eigenvalue weighted by Gasteiger charge is 2.24. The van der Waals surface area contributed by atoms with Crippen LogP contribution in [0, 0.1) is 0 Å². The van der Waals surface area contributed by atoms with Crippen LogP contribution in [-0.4, -0.2) is 60.8 Å². The van der Waals surface area contributed by atoms with Gasteiger partial charge in [-0.05, 0) is 19.4 Å². The molecule has 1 unspecified atom stereocenters. The Bertz CT molecular complexity index is 229. The number of thioether (sulfide) groups is 1. The molecule has 2 fully saturated rings. The van der Waals surface area contributed by atoms with Gasteiger partial charge in [0.25, 0.3) is 0 Å². The lowest BCUT2D eigenvalue weighted by Crippen LogP contribution is -2.40. The summed E-state index contributed by atoms with van der Waals surface area (Å²) in [5.74, 6) is 1.27. The molecule has 2 saturated heterocycles. The monoisotopic (exact) mass is 258 g/mol. The second kappa shape index (κ2) is 6.41. The lowest BCUT2D eigenvalue weighted by atomic mass is 10.1. The van der Waals surface area contributed by atoms with E-state index in [0.717, 1.165) is 19.7 Å². The molecular formula is C13H26N2OS. The standard InChI is InChI=1S/C13H26N2OS/c1-13(2)4-7-15(8-10-17-13)6-3-12-11-14-5-9-16-12/h12,14H,3-11H2,1-2H3. The maximum absolute atomic E-state index is 5.75. The van der Waals surface area contributed by atoms with Crippen molar-refractivity contribution < 1.29 is 4.74 Å². The number of rotatable bonds is 3. The maximum Gasteiger partial charge on any atom is 0.0712 e. The van der Waals surface area contributed by atoms with Gasteiger partial charge in [-0.1, -0.05) is 13.8 Å². The molecule has 0 aromatic carbocycles. The van der Waals surface area contributed by atoms with Crippen molar-refractivity contribution in [2.24, 2.45) is 0 Å². The Morgan fingerprint density at radius 3 is 3.06 bits per heavy atom. The summed E-state index contributed by atoms with van der Waals surface area (Å²) in [4.78, 5) is 2.61. The van der Waals surface area contributed by atoms with E-state index in [9.17, 15) is 0 Å². The van der Waals surface area contributed by atoms with Crippen molar-refractivity contribution in [1.82, 2.24) is 10.2 Å². The van der Waals surface area contributed by atoms with E-state index in [1.54, 1.807) is 0 Å². The minimum atomic E-state index is 0.438. The number of hydrogen-bond donors (Lipinski definition) is 1. The molecule has 1 N–H and O–H groups in total. The molecule has 1 atom stereocenters. The highest BCUT2D eigenvalue weighted by molar-refractivity contribution is 8.00. The quantitative estimate of drug-likeness (QED) is 0.831. The van der Waals surface area contributed by atoms with Gasteiger partial charge in [0.05, 0.1) is 12.7 Å². The molecule has 0 spiro atoms. The zero-order chi connectivity index (χ0) is 12.1. The van der Waals surface area contributed by atoms with Crippen LogP contribution in [0.5, 0.6) is 0 Å². The van der Waals surface area contributed by atoms with Gasteiger partial charge >= 0.3 is 0 Å². The van der Waals surface area contributed by atoms with Gasteiger partial charge in [0.1, 0.15) is 0 Å². The van der Waals surface area contributed by atoms with Crippen molar-refractivity contribution >= 4 is 11.8 Å². The molecule has 0 aliphatic carbocycles. The molecule has 0 aromatic heterocycles. The van der Waals surface area contributed by atoms with E-state index in [0.29, 0.717) is 10.9 Å². The smallest absolute Gasteiger partial charge is 0.0712 e. The third kappa shape index (κ3) is 4.78. The SMILES string of the molecule is CC1(C)CCN(CCC2CNCCO2)CCS1. The summed E-state index contributed by atoms with van der Waals surface area (Å²) in [6, 6.07) is 0. The topological polar surface area (TPSA) is 24.5 Å². The normalized spacial score (nSPS) is 31.1. The van der Waals surface area contributed by atoms with Gasteiger partial charge in [0.15, 0.2) is 0 Å². The second-order valence-corrected chi connectivity index (χ2v) is 7.49. The van der Waals surface area contributed by atoms with E-state index in [1.165, 1.54) is 38.2 Å². The molecule has 100 valence electrons. The van der Waals surface area contributed by atoms with Crippen LogP contribution in [0.25, 0.3) is 0 Å². The molecule has 0 aromatic rings. The molecule has 2 heterocycles. The number of nitrogens with one attached hydrogen (secondary N) is 1. The molecule has 17 heavy (non-hydrogen) atoms. The zero-order valence-corrected chi connectivity index (χ0v) is 12.0. The molecular weight excluding hydrogens is 232 g/mol. The molecule has 0 bridgehead atoms. The highest BCUT2D eigenvalue weighted by Crippen LogP contribution is 2.30. The van der Waals surface area contributed by atoms with Crippen molar-refractivity contribution in [1.29, 1.82) is 0 Å². The van der Waals surface area contributed by atoms with Crippen molar-refractivity contribution in [3.63, 3.8) is 0 Å². The number of morpholine rings is 1. The Labute approximate surface area is 110 Å². The first-order valence-corrected chi connectivity index (χ1v) is 7.83. The van der Waals surface area contributed by atoms with Gasteiger partial charge in [0, 0.05) is 36.7 Å². The lowest BCUT2D eigenvalue weighted by molar-refractivity contribution is 0.0177. The first-order valence-electron chi connectivity index (χ1n) is 6.84. The average molecular weight is 258 g/mol. The van der Waals surface area contributed by atoms with Gasteiger partial charge in [-0.15, -0.1) is 0 Å². The van der Waals surface area contributed by atoms with Gasteiger partial charge in [-0.25, -0.2) is 0 Å². The van der Waals surface area contributed by atoms with Crippen molar-refractivity contribution in [2.75, 3.05) is 45.1 Å². The van der Waals surface area contributed by atoms with Gasteiger partial charge < -0.3 is 15.0 Å². The Kier molecular flexibility index (Phi) is 5.15. The number of hydrogen-bond acceptors (Lipinski definition) is 4. The summed E-state index contributed by atoms with van der Waals surface area (Å²) in [7, 11) is 0. The van der Waals surface area contributed by atoms with Crippen LogP contribution in [-0.2, 0) is 4.74 Å². The van der Waals surface area contributed by atoms with Crippen LogP contribution < -0.4 is 5.32 Å². The Balaban J connectivity index is 1.68. The summed E-state index contributed by atoms with van der Waals surface area (Å²) in [6.07, 6.45) is 2.92. The van der Waals surface area contributed by atoms with E-state index < -0.39 is 0 Å². The van der Waals surface area contributed by atoms with Crippen molar-refractivity contribution in [3.8, 4) is 0 Å². The van der Waals surface area contributed by atoms with Crippen LogP contribution in [0.4, 0.5) is 0 Å². The van der Waals surface area contributed by atoms with Crippen molar-refractivity contribution in [3.05, 3.63) is 0 Å². The van der Waals surface area contributed by atoms with Crippen molar-refractivity contribution in [2.45, 2.75) is 37.5 Å². The molecule has 0 amide bonds. The number of ether oxygens (including phenoxy) is 1. The molecule has 2 rings (SSSR count).